The summed E-state index contributed by atoms with van der Waals surface area (Å²) < 4.78 is 0. The van der Waals surface area contributed by atoms with Crippen LogP contribution in [0.4, 0.5) is 0 Å². The largest absolute Gasteiger partial charge is 0.343 e. The zero-order valence-electron chi connectivity index (χ0n) is 24.9. The van der Waals surface area contributed by atoms with Crippen molar-refractivity contribution in [2.75, 3.05) is 33.2 Å². The highest BCUT2D eigenvalue weighted by Crippen LogP contribution is 2.32. The second-order valence-corrected chi connectivity index (χ2v) is 12.0. The van der Waals surface area contributed by atoms with Crippen molar-refractivity contribution in [1.29, 1.82) is 0 Å². The van der Waals surface area contributed by atoms with E-state index in [1.807, 2.05) is 29.2 Å². The fourth-order valence-electron chi connectivity index (χ4n) is 6.80. The molecule has 0 aromatic heterocycles. The number of rotatable bonds is 10. The number of carbonyl (C=O) groups excluding carboxylic acids is 3. The van der Waals surface area contributed by atoms with Crippen LogP contribution in [0.1, 0.15) is 50.2 Å². The van der Waals surface area contributed by atoms with Crippen LogP contribution in [-0.4, -0.2) is 89.9 Å². The Labute approximate surface area is 256 Å². The third kappa shape index (κ3) is 7.52. The van der Waals surface area contributed by atoms with Crippen LogP contribution in [0.5, 0.6) is 0 Å². The molecule has 2 heterocycles. The lowest BCUT2D eigenvalue weighted by Crippen LogP contribution is -2.64. The number of nitrogens with zero attached hydrogens (tertiary/aromatic N) is 3. The predicted octanol–water partition coefficient (Wildman–Crippen LogP) is 3.25. The molecule has 2 N–H and O–H groups in total. The van der Waals surface area contributed by atoms with Crippen LogP contribution in [0.25, 0.3) is 0 Å². The van der Waals surface area contributed by atoms with Gasteiger partial charge < -0.3 is 20.4 Å². The molecule has 3 amide bonds. The van der Waals surface area contributed by atoms with Crippen LogP contribution in [0.2, 0.25) is 0 Å². The van der Waals surface area contributed by atoms with Gasteiger partial charge in [0.1, 0.15) is 18.8 Å². The molecular weight excluding hydrogens is 550 g/mol. The fraction of sp³-hybridized carbons (Fsp3) is 0.545. The molecule has 5 rings (SSSR count). The average Bonchev–Trinajstić information content (AvgIpc) is 3.35. The Bertz CT molecular complexity index is 1180. The van der Waals surface area contributed by atoms with Gasteiger partial charge in [-0.3, -0.25) is 19.3 Å². The van der Waals surface area contributed by atoms with E-state index in [0.29, 0.717) is 6.54 Å². The van der Waals surface area contributed by atoms with Gasteiger partial charge in [0.05, 0.1) is 12.1 Å². The Hall–Kier alpha value is -2.94. The highest BCUT2D eigenvalue weighted by Gasteiger charge is 2.49. The molecule has 3 aliphatic rings. The fourth-order valence-corrected chi connectivity index (χ4v) is 6.80. The number of halogens is 1. The Balaban J connectivity index is 0.00000405. The third-order valence-corrected chi connectivity index (χ3v) is 9.23. The maximum atomic E-state index is 14.3. The quantitative estimate of drug-likeness (QED) is 0.441. The number of carbonyl (C=O) groups is 3. The highest BCUT2D eigenvalue weighted by molar-refractivity contribution is 5.94. The molecule has 3 fully saturated rings. The van der Waals surface area contributed by atoms with E-state index in [-0.39, 0.29) is 54.8 Å². The van der Waals surface area contributed by atoms with E-state index in [4.69, 9.17) is 0 Å². The lowest BCUT2D eigenvalue weighted by Gasteiger charge is -2.46. The minimum absolute atomic E-state index is 0. The van der Waals surface area contributed by atoms with E-state index in [2.05, 4.69) is 51.9 Å². The second kappa shape index (κ2) is 15.0. The van der Waals surface area contributed by atoms with Gasteiger partial charge in [-0.15, -0.1) is 12.4 Å². The van der Waals surface area contributed by atoms with Gasteiger partial charge in [0.25, 0.3) is 0 Å². The van der Waals surface area contributed by atoms with Crippen LogP contribution in [0, 0.1) is 5.92 Å². The Morgan fingerprint density at radius 1 is 0.929 bits per heavy atom. The summed E-state index contributed by atoms with van der Waals surface area (Å²) in [5.74, 6) is -0.192. The first kappa shape index (κ1) is 32.0. The summed E-state index contributed by atoms with van der Waals surface area (Å²) in [6.07, 6.45) is 6.44. The maximum absolute atomic E-state index is 14.3. The summed E-state index contributed by atoms with van der Waals surface area (Å²) in [4.78, 5) is 47.1. The molecule has 9 heteroatoms. The number of nitrogens with one attached hydrogen (secondary N) is 2. The van der Waals surface area contributed by atoms with Gasteiger partial charge in [0.2, 0.25) is 17.7 Å². The van der Waals surface area contributed by atoms with E-state index in [1.54, 1.807) is 18.9 Å². The van der Waals surface area contributed by atoms with Crippen LogP contribution in [-0.2, 0) is 27.2 Å². The van der Waals surface area contributed by atoms with Crippen molar-refractivity contribution in [3.05, 3.63) is 71.8 Å². The van der Waals surface area contributed by atoms with Crippen molar-refractivity contribution < 1.29 is 14.4 Å². The number of benzene rings is 2. The van der Waals surface area contributed by atoms with Gasteiger partial charge in [0, 0.05) is 19.6 Å². The second-order valence-electron chi connectivity index (χ2n) is 12.0. The van der Waals surface area contributed by atoms with Crippen molar-refractivity contribution in [1.82, 2.24) is 25.3 Å². The number of amides is 3. The Kier molecular flexibility index (Phi) is 11.4. The van der Waals surface area contributed by atoms with E-state index < -0.39 is 12.1 Å². The summed E-state index contributed by atoms with van der Waals surface area (Å²) in [7, 11) is 1.75. The number of hydrogen-bond donors (Lipinski definition) is 2. The lowest BCUT2D eigenvalue weighted by molar-refractivity contribution is -0.143. The van der Waals surface area contributed by atoms with Crippen molar-refractivity contribution in [2.24, 2.45) is 5.92 Å². The lowest BCUT2D eigenvalue weighted by atomic mass is 9.83. The summed E-state index contributed by atoms with van der Waals surface area (Å²) in [5.41, 5.74) is 2.47. The molecule has 4 atom stereocenters. The average molecular weight is 596 g/mol. The van der Waals surface area contributed by atoms with Crippen molar-refractivity contribution in [3.8, 4) is 0 Å². The Morgan fingerprint density at radius 3 is 2.21 bits per heavy atom. The normalized spacial score (nSPS) is 22.7. The first-order chi connectivity index (χ1) is 19.9. The summed E-state index contributed by atoms with van der Waals surface area (Å²) in [6.45, 7) is 4.13. The molecule has 0 bridgehead atoms. The zero-order chi connectivity index (χ0) is 28.8. The first-order valence-corrected chi connectivity index (χ1v) is 15.3. The van der Waals surface area contributed by atoms with E-state index >= 15 is 0 Å². The van der Waals surface area contributed by atoms with Crippen molar-refractivity contribution in [3.63, 3.8) is 0 Å². The van der Waals surface area contributed by atoms with Crippen molar-refractivity contribution >= 4 is 30.1 Å². The monoisotopic (exact) mass is 595 g/mol. The molecule has 0 radical (unpaired) electrons. The van der Waals surface area contributed by atoms with E-state index in [9.17, 15) is 14.4 Å². The van der Waals surface area contributed by atoms with Crippen molar-refractivity contribution in [2.45, 2.75) is 76.2 Å². The number of fused-ring (bicyclic) bond motifs is 1. The third-order valence-electron chi connectivity index (χ3n) is 9.23. The summed E-state index contributed by atoms with van der Waals surface area (Å²) in [5, 5.41) is 6.09. The molecule has 228 valence electrons. The standard InChI is InChI=1S/C33H45N5O3.ClH/c1-24(34-2)32(40)35-31(27-16-10-5-11-17-27)33(41)37-23-30(39)38-28(20-26-14-8-4-9-15-26)21-36(22-29(37)38)19-18-25-12-6-3-7-13-25;/h3-4,6-9,12-15,24,27-29,31,34H,5,10-11,16-23H2,1-2H3,(H,35,40);1H/t24-,28-,29+,31-;/m0./s1. The van der Waals surface area contributed by atoms with Gasteiger partial charge in [0.15, 0.2) is 0 Å². The van der Waals surface area contributed by atoms with Gasteiger partial charge >= 0.3 is 0 Å². The van der Waals surface area contributed by atoms with Gasteiger partial charge in [-0.1, -0.05) is 79.9 Å². The molecule has 8 nitrogen and oxygen atoms in total. The van der Waals surface area contributed by atoms with Crippen LogP contribution in [0.3, 0.4) is 0 Å². The molecule has 2 saturated heterocycles. The SMILES string of the molecule is CN[C@@H](C)C(=O)N[C@H](C(=O)N1CC(=O)N2[C@@H](Cc3ccccc3)CN(CCc3ccccc3)C[C@H]12)C1CCCCC1.Cl. The minimum Gasteiger partial charge on any atom is -0.343 e. The minimum atomic E-state index is -0.612. The maximum Gasteiger partial charge on any atom is 0.247 e. The van der Waals surface area contributed by atoms with Crippen LogP contribution < -0.4 is 10.6 Å². The summed E-state index contributed by atoms with van der Waals surface area (Å²) >= 11 is 0. The molecule has 2 aromatic carbocycles. The van der Waals surface area contributed by atoms with E-state index in [1.165, 1.54) is 11.1 Å². The molecule has 0 unspecified atom stereocenters. The predicted molar refractivity (Wildman–Crippen MR) is 167 cm³/mol. The first-order valence-electron chi connectivity index (χ1n) is 15.3. The van der Waals surface area contributed by atoms with E-state index in [0.717, 1.165) is 58.0 Å². The molecule has 1 saturated carbocycles. The van der Waals surface area contributed by atoms with Crippen LogP contribution in [0.15, 0.2) is 60.7 Å². The topological polar surface area (TPSA) is 85.0 Å². The molecular formula is C33H46ClN5O3. The molecule has 2 aromatic rings. The highest BCUT2D eigenvalue weighted by atomic mass is 35.5. The molecule has 2 aliphatic heterocycles. The number of hydrogen-bond acceptors (Lipinski definition) is 5. The Morgan fingerprint density at radius 2 is 1.57 bits per heavy atom. The molecule has 42 heavy (non-hydrogen) atoms. The van der Waals surface area contributed by atoms with Gasteiger partial charge in [-0.2, -0.15) is 0 Å². The van der Waals surface area contributed by atoms with Crippen LogP contribution >= 0.6 is 12.4 Å². The molecule has 1 aliphatic carbocycles. The number of likely N-dealkylation sites (N-methyl/N-ethyl adjacent to an activating group) is 1. The van der Waals surface area contributed by atoms with Gasteiger partial charge in [-0.25, -0.2) is 0 Å². The smallest absolute Gasteiger partial charge is 0.247 e. The zero-order valence-corrected chi connectivity index (χ0v) is 25.7. The summed E-state index contributed by atoms with van der Waals surface area (Å²) in [6, 6.07) is 19.7. The molecule has 0 spiro atoms. The number of piperazine rings is 1. The van der Waals surface area contributed by atoms with Gasteiger partial charge in [-0.05, 0) is 56.7 Å².